The van der Waals surface area contributed by atoms with Crippen molar-refractivity contribution in [2.75, 3.05) is 6.54 Å². The molecule has 0 atom stereocenters. The molecule has 0 aliphatic heterocycles. The topological polar surface area (TPSA) is 51.0 Å². The van der Waals surface area contributed by atoms with Gasteiger partial charge >= 0.3 is 0 Å². The molecule has 0 spiro atoms. The van der Waals surface area contributed by atoms with E-state index in [4.69, 9.17) is 22.5 Å². The second-order valence-electron chi connectivity index (χ2n) is 3.45. The molecule has 0 saturated heterocycles. The average molecular weight is 266 g/mol. The van der Waals surface area contributed by atoms with Crippen molar-refractivity contribution in [2.24, 2.45) is 0 Å². The zero-order chi connectivity index (χ0) is 13.0. The van der Waals surface area contributed by atoms with Gasteiger partial charge in [-0.05, 0) is 18.2 Å². The standard InChI is InChI=1S/C12H9ClFN3O/c1-2-5-15-7-11-16-12(17-18-11)8-3-4-10(14)9(13)6-8/h1,3-4,6,15H,5,7H2. The Balaban J connectivity index is 2.14. The van der Waals surface area contributed by atoms with Gasteiger partial charge < -0.3 is 4.52 Å². The zero-order valence-corrected chi connectivity index (χ0v) is 10.0. The first-order chi connectivity index (χ1) is 8.70. The van der Waals surface area contributed by atoms with Gasteiger partial charge in [0.25, 0.3) is 0 Å². The monoisotopic (exact) mass is 265 g/mol. The van der Waals surface area contributed by atoms with Gasteiger partial charge in [0.15, 0.2) is 0 Å². The van der Waals surface area contributed by atoms with Crippen molar-refractivity contribution in [1.82, 2.24) is 15.5 Å². The quantitative estimate of drug-likeness (QED) is 0.680. The van der Waals surface area contributed by atoms with Crippen LogP contribution in [0.1, 0.15) is 5.89 Å². The molecule has 0 unspecified atom stereocenters. The highest BCUT2D eigenvalue weighted by atomic mass is 35.5. The molecule has 0 amide bonds. The molecule has 18 heavy (non-hydrogen) atoms. The van der Waals surface area contributed by atoms with Crippen molar-refractivity contribution >= 4 is 11.6 Å². The van der Waals surface area contributed by atoms with Crippen LogP contribution in [0.2, 0.25) is 5.02 Å². The van der Waals surface area contributed by atoms with Crippen LogP contribution in [0.5, 0.6) is 0 Å². The van der Waals surface area contributed by atoms with E-state index in [1.807, 2.05) is 0 Å². The maximum Gasteiger partial charge on any atom is 0.240 e. The summed E-state index contributed by atoms with van der Waals surface area (Å²) in [6.07, 6.45) is 5.09. The van der Waals surface area contributed by atoms with E-state index in [0.29, 0.717) is 30.4 Å². The fourth-order valence-electron chi connectivity index (χ4n) is 1.32. The fourth-order valence-corrected chi connectivity index (χ4v) is 1.50. The fraction of sp³-hybridized carbons (Fsp3) is 0.167. The van der Waals surface area contributed by atoms with E-state index in [2.05, 4.69) is 21.4 Å². The summed E-state index contributed by atoms with van der Waals surface area (Å²) in [5, 5.41) is 6.71. The molecule has 0 saturated carbocycles. The van der Waals surface area contributed by atoms with E-state index in [-0.39, 0.29) is 5.02 Å². The molecule has 1 aromatic heterocycles. The lowest BCUT2D eigenvalue weighted by Crippen LogP contribution is -2.13. The Labute approximate surface area is 108 Å². The maximum atomic E-state index is 13.0. The van der Waals surface area contributed by atoms with Gasteiger partial charge in [0.2, 0.25) is 11.7 Å². The summed E-state index contributed by atoms with van der Waals surface area (Å²) in [4.78, 5) is 4.13. The van der Waals surface area contributed by atoms with Gasteiger partial charge in [0.1, 0.15) is 5.82 Å². The zero-order valence-electron chi connectivity index (χ0n) is 9.28. The number of benzene rings is 1. The number of nitrogens with zero attached hydrogens (tertiary/aromatic N) is 2. The van der Waals surface area contributed by atoms with Crippen molar-refractivity contribution < 1.29 is 8.91 Å². The number of terminal acetylenes is 1. The lowest BCUT2D eigenvalue weighted by molar-refractivity contribution is 0.370. The second kappa shape index (κ2) is 5.63. The van der Waals surface area contributed by atoms with E-state index < -0.39 is 5.82 Å². The largest absolute Gasteiger partial charge is 0.338 e. The first-order valence-electron chi connectivity index (χ1n) is 5.13. The minimum absolute atomic E-state index is 0.0179. The summed E-state index contributed by atoms with van der Waals surface area (Å²) in [6.45, 7) is 0.798. The lowest BCUT2D eigenvalue weighted by atomic mass is 10.2. The van der Waals surface area contributed by atoms with E-state index in [1.165, 1.54) is 18.2 Å². The third kappa shape index (κ3) is 2.86. The van der Waals surface area contributed by atoms with Crippen LogP contribution in [0.25, 0.3) is 11.4 Å². The van der Waals surface area contributed by atoms with Crippen LogP contribution in [0, 0.1) is 18.2 Å². The van der Waals surface area contributed by atoms with Crippen molar-refractivity contribution in [3.05, 3.63) is 34.9 Å². The number of nitrogens with one attached hydrogen (secondary N) is 1. The summed E-state index contributed by atoms with van der Waals surface area (Å²) in [7, 11) is 0. The first-order valence-corrected chi connectivity index (χ1v) is 5.50. The number of aromatic nitrogens is 2. The van der Waals surface area contributed by atoms with Gasteiger partial charge in [0.05, 0.1) is 18.1 Å². The van der Waals surface area contributed by atoms with Crippen LogP contribution in [-0.2, 0) is 6.54 Å². The molecule has 1 heterocycles. The number of hydrogen-bond donors (Lipinski definition) is 1. The molecule has 0 bridgehead atoms. The van der Waals surface area contributed by atoms with E-state index >= 15 is 0 Å². The van der Waals surface area contributed by atoms with Gasteiger partial charge in [-0.1, -0.05) is 22.7 Å². The highest BCUT2D eigenvalue weighted by Crippen LogP contribution is 2.22. The van der Waals surface area contributed by atoms with E-state index in [1.54, 1.807) is 0 Å². The van der Waals surface area contributed by atoms with Crippen molar-refractivity contribution in [3.8, 4) is 23.7 Å². The Bertz CT molecular complexity index is 591. The Morgan fingerprint density at radius 1 is 1.50 bits per heavy atom. The van der Waals surface area contributed by atoms with Crippen molar-refractivity contribution in [1.29, 1.82) is 0 Å². The minimum atomic E-state index is -0.486. The van der Waals surface area contributed by atoms with E-state index in [9.17, 15) is 4.39 Å². The van der Waals surface area contributed by atoms with Crippen LogP contribution in [0.4, 0.5) is 4.39 Å². The van der Waals surface area contributed by atoms with Gasteiger partial charge in [-0.2, -0.15) is 4.98 Å². The molecule has 1 N–H and O–H groups in total. The Morgan fingerprint density at radius 2 is 2.33 bits per heavy atom. The molecule has 0 aliphatic rings. The minimum Gasteiger partial charge on any atom is -0.338 e. The van der Waals surface area contributed by atoms with Crippen LogP contribution in [0.15, 0.2) is 22.7 Å². The predicted octanol–water partition coefficient (Wildman–Crippen LogP) is 2.25. The second-order valence-corrected chi connectivity index (χ2v) is 3.86. The summed E-state index contributed by atoms with van der Waals surface area (Å²) in [5.41, 5.74) is 0.591. The van der Waals surface area contributed by atoms with Gasteiger partial charge in [-0.15, -0.1) is 6.42 Å². The molecular formula is C12H9ClFN3O. The maximum absolute atomic E-state index is 13.0. The predicted molar refractivity (Wildman–Crippen MR) is 65.2 cm³/mol. The van der Waals surface area contributed by atoms with Crippen LogP contribution >= 0.6 is 11.6 Å². The van der Waals surface area contributed by atoms with Crippen molar-refractivity contribution in [3.63, 3.8) is 0 Å². The highest BCUT2D eigenvalue weighted by Gasteiger charge is 2.10. The summed E-state index contributed by atoms with van der Waals surface area (Å²) in [5.74, 6) is 2.70. The third-order valence-corrected chi connectivity index (χ3v) is 2.44. The number of rotatable bonds is 4. The molecule has 2 aromatic rings. The van der Waals surface area contributed by atoms with E-state index in [0.717, 1.165) is 0 Å². The number of hydrogen-bond acceptors (Lipinski definition) is 4. The number of halogens is 2. The molecule has 92 valence electrons. The third-order valence-electron chi connectivity index (χ3n) is 2.15. The molecule has 2 rings (SSSR count). The van der Waals surface area contributed by atoms with Crippen LogP contribution in [-0.4, -0.2) is 16.7 Å². The summed E-state index contributed by atoms with van der Waals surface area (Å²) in [6, 6.07) is 4.23. The lowest BCUT2D eigenvalue weighted by Gasteiger charge is -1.96. The summed E-state index contributed by atoms with van der Waals surface area (Å²) >= 11 is 5.68. The molecule has 0 fully saturated rings. The normalized spacial score (nSPS) is 10.3. The van der Waals surface area contributed by atoms with Gasteiger partial charge in [-0.3, -0.25) is 5.32 Å². The summed E-state index contributed by atoms with van der Waals surface area (Å²) < 4.78 is 18.0. The SMILES string of the molecule is C#CCNCc1nc(-c2ccc(F)c(Cl)c2)no1. The highest BCUT2D eigenvalue weighted by molar-refractivity contribution is 6.31. The van der Waals surface area contributed by atoms with Crippen LogP contribution < -0.4 is 5.32 Å². The molecule has 0 aliphatic carbocycles. The molecule has 0 radical (unpaired) electrons. The van der Waals surface area contributed by atoms with Gasteiger partial charge in [0, 0.05) is 5.56 Å². The smallest absolute Gasteiger partial charge is 0.240 e. The van der Waals surface area contributed by atoms with Crippen molar-refractivity contribution in [2.45, 2.75) is 6.54 Å². The van der Waals surface area contributed by atoms with Crippen LogP contribution in [0.3, 0.4) is 0 Å². The molecule has 1 aromatic carbocycles. The molecule has 4 nitrogen and oxygen atoms in total. The molecular weight excluding hydrogens is 257 g/mol. The Kier molecular flexibility index (Phi) is 3.92. The molecule has 6 heteroatoms. The average Bonchev–Trinajstić information content (AvgIpc) is 2.82. The Morgan fingerprint density at radius 3 is 3.06 bits per heavy atom. The Hall–Kier alpha value is -1.90. The van der Waals surface area contributed by atoms with Gasteiger partial charge in [-0.25, -0.2) is 4.39 Å². The first kappa shape index (κ1) is 12.6.